The molecule has 0 aromatic heterocycles. The number of thioether (sulfide) groups is 1. The Kier molecular flexibility index (Phi) is 4.09. The molecule has 0 fully saturated rings. The lowest BCUT2D eigenvalue weighted by Crippen LogP contribution is -1.99. The molecule has 3 rings (SSSR count). The number of nitriles is 1. The predicted molar refractivity (Wildman–Crippen MR) is 85.1 cm³/mol. The standard InChI is InChI=1S/C18H13NOS/c19-12-14-6-10-17(11-7-14)21-13-18(15-8-9-15)20-16-4-2-1-3-5-16/h1-11H,13H2. The first-order valence-electron chi connectivity index (χ1n) is 6.62. The number of nitrogens with zero attached hydrogens (tertiary/aromatic N) is 1. The largest absolute Gasteiger partial charge is 0.460 e. The summed E-state index contributed by atoms with van der Waals surface area (Å²) in [6.45, 7) is 0. The van der Waals surface area contributed by atoms with Crippen molar-refractivity contribution >= 4 is 11.8 Å². The smallest absolute Gasteiger partial charge is 0.127 e. The highest BCUT2D eigenvalue weighted by Crippen LogP contribution is 2.29. The third-order valence-corrected chi connectivity index (χ3v) is 4.00. The van der Waals surface area contributed by atoms with Gasteiger partial charge in [-0.2, -0.15) is 5.26 Å². The molecule has 0 heterocycles. The first-order chi connectivity index (χ1) is 10.3. The zero-order chi connectivity index (χ0) is 14.5. The lowest BCUT2D eigenvalue weighted by Gasteiger charge is -2.10. The molecule has 21 heavy (non-hydrogen) atoms. The van der Waals surface area contributed by atoms with Crippen molar-refractivity contribution < 1.29 is 4.74 Å². The second kappa shape index (κ2) is 6.34. The van der Waals surface area contributed by atoms with Crippen LogP contribution >= 0.6 is 11.8 Å². The monoisotopic (exact) mass is 291 g/mol. The Hall–Kier alpha value is -2.44. The Bertz CT molecular complexity index is 716. The van der Waals surface area contributed by atoms with Gasteiger partial charge in [-0.25, -0.2) is 0 Å². The Labute approximate surface area is 128 Å². The third kappa shape index (κ3) is 3.77. The number of benzene rings is 2. The van der Waals surface area contributed by atoms with Gasteiger partial charge in [0.1, 0.15) is 11.5 Å². The van der Waals surface area contributed by atoms with Gasteiger partial charge in [-0.3, -0.25) is 0 Å². The van der Waals surface area contributed by atoms with Gasteiger partial charge in [-0.15, -0.1) is 11.8 Å². The molecule has 0 aliphatic heterocycles. The van der Waals surface area contributed by atoms with Crippen LogP contribution in [0.4, 0.5) is 0 Å². The highest BCUT2D eigenvalue weighted by atomic mass is 32.2. The third-order valence-electron chi connectivity index (χ3n) is 2.99. The van der Waals surface area contributed by atoms with Crippen molar-refractivity contribution in [2.75, 3.05) is 5.75 Å². The fraction of sp³-hybridized carbons (Fsp3) is 0.0556. The van der Waals surface area contributed by atoms with E-state index in [1.54, 1.807) is 11.8 Å². The molecule has 0 atom stereocenters. The average molecular weight is 291 g/mol. The quantitative estimate of drug-likeness (QED) is 0.598. The van der Waals surface area contributed by atoms with Crippen molar-refractivity contribution in [1.29, 1.82) is 5.26 Å². The topological polar surface area (TPSA) is 33.0 Å². The highest BCUT2D eigenvalue weighted by molar-refractivity contribution is 7.99. The van der Waals surface area contributed by atoms with Crippen molar-refractivity contribution in [3.8, 4) is 11.8 Å². The van der Waals surface area contributed by atoms with E-state index in [2.05, 4.69) is 18.2 Å². The van der Waals surface area contributed by atoms with Crippen LogP contribution in [0.25, 0.3) is 0 Å². The number of hydrogen-bond acceptors (Lipinski definition) is 3. The summed E-state index contributed by atoms with van der Waals surface area (Å²) in [5.41, 5.74) is 1.85. The molecule has 0 radical (unpaired) electrons. The Balaban J connectivity index is 1.64. The second-order valence-corrected chi connectivity index (χ2v) is 5.60. The lowest BCUT2D eigenvalue weighted by molar-refractivity contribution is 0.429. The van der Waals surface area contributed by atoms with E-state index in [0.717, 1.165) is 22.2 Å². The van der Waals surface area contributed by atoms with Crippen LogP contribution in [0.1, 0.15) is 5.56 Å². The minimum atomic E-state index is 0.683. The zero-order valence-corrected chi connectivity index (χ0v) is 12.1. The Morgan fingerprint density at radius 2 is 1.71 bits per heavy atom. The number of ether oxygens (including phenoxy) is 1. The van der Waals surface area contributed by atoms with E-state index in [0.29, 0.717) is 5.56 Å². The second-order valence-electron chi connectivity index (χ2n) is 4.55. The Morgan fingerprint density at radius 1 is 1.00 bits per heavy atom. The first-order valence-corrected chi connectivity index (χ1v) is 7.61. The van der Waals surface area contributed by atoms with Crippen LogP contribution in [0.2, 0.25) is 0 Å². The molecule has 0 bridgehead atoms. The van der Waals surface area contributed by atoms with E-state index in [4.69, 9.17) is 10.00 Å². The van der Waals surface area contributed by atoms with Crippen LogP contribution in [0.15, 0.2) is 83.0 Å². The summed E-state index contributed by atoms with van der Waals surface area (Å²) in [5.74, 6) is 2.59. The summed E-state index contributed by atoms with van der Waals surface area (Å²) in [6, 6.07) is 19.5. The number of para-hydroxylation sites is 1. The summed E-state index contributed by atoms with van der Waals surface area (Å²) in [4.78, 5) is 1.13. The lowest BCUT2D eigenvalue weighted by atomic mass is 10.2. The molecule has 2 aromatic carbocycles. The van der Waals surface area contributed by atoms with E-state index >= 15 is 0 Å². The predicted octanol–water partition coefficient (Wildman–Crippen LogP) is 4.55. The maximum atomic E-state index is 8.80. The molecule has 0 spiro atoms. The van der Waals surface area contributed by atoms with Crippen LogP contribution in [0.5, 0.6) is 5.75 Å². The highest BCUT2D eigenvalue weighted by Gasteiger charge is 2.12. The Morgan fingerprint density at radius 3 is 2.33 bits per heavy atom. The fourth-order valence-electron chi connectivity index (χ4n) is 1.80. The fourth-order valence-corrected chi connectivity index (χ4v) is 2.66. The van der Waals surface area contributed by atoms with Gasteiger partial charge in [0.25, 0.3) is 0 Å². The molecule has 0 unspecified atom stereocenters. The van der Waals surface area contributed by atoms with Gasteiger partial charge < -0.3 is 4.74 Å². The van der Waals surface area contributed by atoms with Crippen LogP contribution in [0.3, 0.4) is 0 Å². The number of rotatable bonds is 5. The van der Waals surface area contributed by atoms with Crippen molar-refractivity contribution in [2.24, 2.45) is 0 Å². The molecule has 1 aliphatic carbocycles. The maximum Gasteiger partial charge on any atom is 0.127 e. The molecule has 0 amide bonds. The summed E-state index contributed by atoms with van der Waals surface area (Å²) in [7, 11) is 0. The summed E-state index contributed by atoms with van der Waals surface area (Å²) < 4.78 is 5.95. The number of allylic oxidation sites excluding steroid dienone is 3. The molecule has 0 saturated carbocycles. The summed E-state index contributed by atoms with van der Waals surface area (Å²) in [5, 5.41) is 8.80. The van der Waals surface area contributed by atoms with E-state index in [-0.39, 0.29) is 0 Å². The molecule has 102 valence electrons. The van der Waals surface area contributed by atoms with E-state index < -0.39 is 0 Å². The van der Waals surface area contributed by atoms with E-state index in [1.807, 2.05) is 54.6 Å². The van der Waals surface area contributed by atoms with Crippen molar-refractivity contribution in [3.05, 3.63) is 83.6 Å². The number of hydrogen-bond donors (Lipinski definition) is 0. The minimum Gasteiger partial charge on any atom is -0.460 e. The van der Waals surface area contributed by atoms with Crippen LogP contribution in [-0.2, 0) is 0 Å². The van der Waals surface area contributed by atoms with E-state index in [9.17, 15) is 0 Å². The molecular weight excluding hydrogens is 278 g/mol. The SMILES string of the molecule is N#Cc1ccc(SCC(Oc2ccccc2)=C2C=C2)cc1. The van der Waals surface area contributed by atoms with Gasteiger partial charge >= 0.3 is 0 Å². The van der Waals surface area contributed by atoms with Gasteiger partial charge in [0.05, 0.1) is 17.4 Å². The van der Waals surface area contributed by atoms with Gasteiger partial charge in [0.15, 0.2) is 0 Å². The van der Waals surface area contributed by atoms with Crippen molar-refractivity contribution in [2.45, 2.75) is 4.90 Å². The molecule has 1 aliphatic rings. The van der Waals surface area contributed by atoms with Crippen LogP contribution in [-0.4, -0.2) is 5.75 Å². The average Bonchev–Trinajstić information content (AvgIpc) is 3.38. The summed E-state index contributed by atoms with van der Waals surface area (Å²) in [6.07, 6.45) is 4.11. The van der Waals surface area contributed by atoms with Gasteiger partial charge in [-0.1, -0.05) is 30.4 Å². The molecule has 0 N–H and O–H groups in total. The summed E-state index contributed by atoms with van der Waals surface area (Å²) >= 11 is 1.70. The molecular formula is C18H13NOS. The zero-order valence-electron chi connectivity index (χ0n) is 11.3. The van der Waals surface area contributed by atoms with Crippen molar-refractivity contribution in [3.63, 3.8) is 0 Å². The van der Waals surface area contributed by atoms with Gasteiger partial charge in [0, 0.05) is 10.5 Å². The van der Waals surface area contributed by atoms with Gasteiger partial charge in [0.2, 0.25) is 0 Å². The van der Waals surface area contributed by atoms with Crippen molar-refractivity contribution in [1.82, 2.24) is 0 Å². The molecule has 2 aromatic rings. The maximum absolute atomic E-state index is 8.80. The normalized spacial score (nSPS) is 11.9. The van der Waals surface area contributed by atoms with Gasteiger partial charge in [-0.05, 0) is 36.4 Å². The molecule has 3 heteroatoms. The molecule has 2 nitrogen and oxygen atoms in total. The van der Waals surface area contributed by atoms with Crippen LogP contribution in [0, 0.1) is 11.3 Å². The van der Waals surface area contributed by atoms with E-state index in [1.165, 1.54) is 5.57 Å². The minimum absolute atomic E-state index is 0.683. The first kappa shape index (κ1) is 13.5. The van der Waals surface area contributed by atoms with Crippen LogP contribution < -0.4 is 4.74 Å². The molecule has 0 saturated heterocycles.